The van der Waals surface area contributed by atoms with E-state index in [0.717, 1.165) is 49.6 Å². The fourth-order valence-corrected chi connectivity index (χ4v) is 2.63. The van der Waals surface area contributed by atoms with Gasteiger partial charge in [-0.05, 0) is 18.7 Å². The maximum Gasteiger partial charge on any atom is 0.140 e. The molecular weight excluding hydrogens is 252 g/mol. The predicted octanol–water partition coefficient (Wildman–Crippen LogP) is 1.44. The lowest BCUT2D eigenvalue weighted by Crippen LogP contribution is -2.51. The first kappa shape index (κ1) is 13.3. The zero-order chi connectivity index (χ0) is 13.8. The quantitative estimate of drug-likeness (QED) is 0.913. The molecule has 106 valence electrons. The number of hydrogen-bond acceptors (Lipinski definition) is 5. The van der Waals surface area contributed by atoms with Crippen molar-refractivity contribution >= 4 is 16.7 Å². The zero-order valence-corrected chi connectivity index (χ0v) is 11.7. The molecule has 3 rings (SSSR count). The minimum absolute atomic E-state index is 0.321. The smallest absolute Gasteiger partial charge is 0.140 e. The Balaban J connectivity index is 1.95. The van der Waals surface area contributed by atoms with Crippen LogP contribution in [0.2, 0.25) is 0 Å². The first-order valence-electron chi connectivity index (χ1n) is 7.15. The van der Waals surface area contributed by atoms with Crippen LogP contribution in [0.5, 0.6) is 0 Å². The van der Waals surface area contributed by atoms with Crippen LogP contribution in [0, 0.1) is 0 Å². The van der Waals surface area contributed by atoms with Crippen molar-refractivity contribution in [1.82, 2.24) is 15.3 Å². The zero-order valence-electron chi connectivity index (χ0n) is 11.7. The van der Waals surface area contributed by atoms with E-state index in [0.29, 0.717) is 6.04 Å². The van der Waals surface area contributed by atoms with Gasteiger partial charge in [-0.3, -0.25) is 0 Å². The number of hydrogen-bond donors (Lipinski definition) is 1. The molecular formula is C15H20N4O. The molecule has 1 aliphatic rings. The molecule has 2 heterocycles. The molecule has 0 radical (unpaired) electrons. The van der Waals surface area contributed by atoms with Crippen LogP contribution in [0.1, 0.15) is 6.92 Å². The van der Waals surface area contributed by atoms with E-state index in [2.05, 4.69) is 33.2 Å². The molecule has 5 nitrogen and oxygen atoms in total. The summed E-state index contributed by atoms with van der Waals surface area (Å²) in [6.07, 6.45) is 1.65. The van der Waals surface area contributed by atoms with Gasteiger partial charge in [0, 0.05) is 18.5 Å². The van der Waals surface area contributed by atoms with Crippen molar-refractivity contribution in [3.05, 3.63) is 30.6 Å². The normalized spacial score (nSPS) is 19.4. The van der Waals surface area contributed by atoms with E-state index in [1.165, 1.54) is 0 Å². The van der Waals surface area contributed by atoms with Gasteiger partial charge in [0.05, 0.1) is 24.8 Å². The third-order valence-corrected chi connectivity index (χ3v) is 3.65. The number of likely N-dealkylation sites (N-methyl/N-ethyl adjacent to an activating group) is 1. The highest BCUT2D eigenvalue weighted by Gasteiger charge is 2.25. The van der Waals surface area contributed by atoms with Gasteiger partial charge in [-0.2, -0.15) is 0 Å². The second-order valence-electron chi connectivity index (χ2n) is 4.94. The Hall–Kier alpha value is -1.72. The molecule has 1 aliphatic heterocycles. The summed E-state index contributed by atoms with van der Waals surface area (Å²) in [5, 5.41) is 4.51. The number of morpholine rings is 1. The molecule has 0 spiro atoms. The van der Waals surface area contributed by atoms with Gasteiger partial charge in [0.2, 0.25) is 0 Å². The highest BCUT2D eigenvalue weighted by Crippen LogP contribution is 2.25. The molecule has 0 amide bonds. The molecule has 1 saturated heterocycles. The Morgan fingerprint density at radius 2 is 2.25 bits per heavy atom. The highest BCUT2D eigenvalue weighted by atomic mass is 16.5. The van der Waals surface area contributed by atoms with Crippen molar-refractivity contribution in [2.45, 2.75) is 13.0 Å². The van der Waals surface area contributed by atoms with Crippen LogP contribution >= 0.6 is 0 Å². The maximum atomic E-state index is 5.62. The van der Waals surface area contributed by atoms with E-state index < -0.39 is 0 Å². The molecule has 1 aromatic heterocycles. The van der Waals surface area contributed by atoms with Gasteiger partial charge in [-0.1, -0.05) is 19.1 Å². The molecule has 5 heteroatoms. The van der Waals surface area contributed by atoms with Crippen LogP contribution < -0.4 is 10.2 Å². The largest absolute Gasteiger partial charge is 0.377 e. The third kappa shape index (κ3) is 2.59. The van der Waals surface area contributed by atoms with E-state index in [-0.39, 0.29) is 0 Å². The number of benzene rings is 1. The number of nitrogens with one attached hydrogen (secondary N) is 1. The van der Waals surface area contributed by atoms with Crippen LogP contribution in [0.3, 0.4) is 0 Å². The van der Waals surface area contributed by atoms with Crippen LogP contribution in [0.4, 0.5) is 5.82 Å². The summed E-state index contributed by atoms with van der Waals surface area (Å²) in [7, 11) is 0. The molecule has 1 aromatic carbocycles. The van der Waals surface area contributed by atoms with Gasteiger partial charge in [0.15, 0.2) is 0 Å². The molecule has 1 atom stereocenters. The van der Waals surface area contributed by atoms with Gasteiger partial charge >= 0.3 is 0 Å². The molecule has 0 aliphatic carbocycles. The SMILES string of the molecule is CCNCC1COCCN1c1ncnc2ccccc12. The van der Waals surface area contributed by atoms with Crippen molar-refractivity contribution in [2.75, 3.05) is 37.7 Å². The number of nitrogens with zero attached hydrogens (tertiary/aromatic N) is 3. The molecule has 1 unspecified atom stereocenters. The number of rotatable bonds is 4. The highest BCUT2D eigenvalue weighted by molar-refractivity contribution is 5.89. The van der Waals surface area contributed by atoms with Crippen LogP contribution in [-0.4, -0.2) is 48.9 Å². The topological polar surface area (TPSA) is 50.3 Å². The van der Waals surface area contributed by atoms with E-state index in [1.54, 1.807) is 6.33 Å². The van der Waals surface area contributed by atoms with Gasteiger partial charge in [-0.25, -0.2) is 9.97 Å². The van der Waals surface area contributed by atoms with Gasteiger partial charge in [0.1, 0.15) is 12.1 Å². The van der Waals surface area contributed by atoms with E-state index in [4.69, 9.17) is 4.74 Å². The van der Waals surface area contributed by atoms with Crippen LogP contribution in [0.25, 0.3) is 10.9 Å². The van der Waals surface area contributed by atoms with Crippen molar-refractivity contribution in [2.24, 2.45) is 0 Å². The summed E-state index contributed by atoms with van der Waals surface area (Å²) in [6.45, 7) is 6.36. The fourth-order valence-electron chi connectivity index (χ4n) is 2.63. The lowest BCUT2D eigenvalue weighted by molar-refractivity contribution is 0.0936. The van der Waals surface area contributed by atoms with Gasteiger partial charge in [-0.15, -0.1) is 0 Å². The molecule has 1 N–H and O–H groups in total. The first-order valence-corrected chi connectivity index (χ1v) is 7.15. The summed E-state index contributed by atoms with van der Waals surface area (Å²) < 4.78 is 5.62. The average molecular weight is 272 g/mol. The minimum atomic E-state index is 0.321. The van der Waals surface area contributed by atoms with Crippen molar-refractivity contribution in [3.63, 3.8) is 0 Å². The monoisotopic (exact) mass is 272 g/mol. The molecule has 0 saturated carbocycles. The Bertz CT molecular complexity index is 569. The van der Waals surface area contributed by atoms with Gasteiger partial charge < -0.3 is 15.0 Å². The Morgan fingerprint density at radius 1 is 1.35 bits per heavy atom. The molecule has 0 bridgehead atoms. The number of anilines is 1. The van der Waals surface area contributed by atoms with Gasteiger partial charge in [0.25, 0.3) is 0 Å². The second kappa shape index (κ2) is 6.15. The summed E-state index contributed by atoms with van der Waals surface area (Å²) in [5.41, 5.74) is 0.992. The number of ether oxygens (including phenoxy) is 1. The van der Waals surface area contributed by atoms with E-state index in [1.807, 2.05) is 18.2 Å². The fraction of sp³-hybridized carbons (Fsp3) is 0.467. The maximum absolute atomic E-state index is 5.62. The molecule has 20 heavy (non-hydrogen) atoms. The Labute approximate surface area is 119 Å². The van der Waals surface area contributed by atoms with E-state index in [9.17, 15) is 0 Å². The summed E-state index contributed by atoms with van der Waals surface area (Å²) in [6, 6.07) is 8.48. The molecule has 1 fully saturated rings. The second-order valence-corrected chi connectivity index (χ2v) is 4.94. The third-order valence-electron chi connectivity index (χ3n) is 3.65. The lowest BCUT2D eigenvalue weighted by atomic mass is 10.1. The van der Waals surface area contributed by atoms with Crippen molar-refractivity contribution < 1.29 is 4.74 Å². The summed E-state index contributed by atoms with van der Waals surface area (Å²) >= 11 is 0. The predicted molar refractivity (Wildman–Crippen MR) is 80.0 cm³/mol. The van der Waals surface area contributed by atoms with Crippen LogP contribution in [0.15, 0.2) is 30.6 Å². The van der Waals surface area contributed by atoms with Crippen molar-refractivity contribution in [3.8, 4) is 0 Å². The summed E-state index contributed by atoms with van der Waals surface area (Å²) in [4.78, 5) is 11.2. The number of aromatic nitrogens is 2. The molecule has 2 aromatic rings. The lowest BCUT2D eigenvalue weighted by Gasteiger charge is -2.37. The summed E-state index contributed by atoms with van der Waals surface area (Å²) in [5.74, 6) is 1.02. The standard InChI is InChI=1S/C15H20N4O/c1-2-16-9-12-10-20-8-7-19(12)15-13-5-3-4-6-14(13)17-11-18-15/h3-6,11-12,16H,2,7-10H2,1H3. The number of fused-ring (bicyclic) bond motifs is 1. The van der Waals surface area contributed by atoms with Crippen molar-refractivity contribution in [1.29, 1.82) is 0 Å². The Morgan fingerprint density at radius 3 is 3.15 bits per heavy atom. The van der Waals surface area contributed by atoms with Crippen LogP contribution in [-0.2, 0) is 4.74 Å². The Kier molecular flexibility index (Phi) is 4.08. The minimum Gasteiger partial charge on any atom is -0.377 e. The number of para-hydroxylation sites is 1. The first-order chi connectivity index (χ1) is 9.90. The van der Waals surface area contributed by atoms with E-state index >= 15 is 0 Å². The average Bonchev–Trinajstić information content (AvgIpc) is 2.53.